The van der Waals surface area contributed by atoms with E-state index in [4.69, 9.17) is 15.0 Å². The standard InChI is InChI=1S/C24H30N4O3S2/c1-17-10-12-19(13-11-17)32-23-20(27-28-25)14-21(30-16-18-8-6-5-7-9-18)22(31-23)15-26-33(29)24(2,3)4/h5-13,15,20-23H,14,16H2,1-4H3/t20-,21+,22-,23?,33?/m1/s1. The molecule has 7 nitrogen and oxygen atoms in total. The van der Waals surface area contributed by atoms with Gasteiger partial charge in [-0.1, -0.05) is 69.3 Å². The fraction of sp³-hybridized carbons (Fsp3) is 0.458. The zero-order valence-corrected chi connectivity index (χ0v) is 21.0. The van der Waals surface area contributed by atoms with Crippen LogP contribution in [-0.2, 0) is 27.4 Å². The molecule has 176 valence electrons. The third-order valence-corrected chi connectivity index (χ3v) is 7.62. The number of hydrogen-bond acceptors (Lipinski definition) is 6. The average Bonchev–Trinajstić information content (AvgIpc) is 2.79. The molecule has 1 saturated heterocycles. The van der Waals surface area contributed by atoms with E-state index in [9.17, 15) is 4.55 Å². The number of aryl methyl sites for hydroxylation is 1. The molecule has 33 heavy (non-hydrogen) atoms. The number of nitrogens with zero attached hydrogens (tertiary/aromatic N) is 4. The van der Waals surface area contributed by atoms with Crippen molar-refractivity contribution in [3.05, 3.63) is 76.2 Å². The van der Waals surface area contributed by atoms with Crippen molar-refractivity contribution >= 4 is 29.3 Å². The maximum atomic E-state index is 12.5. The molecule has 1 heterocycles. The molecule has 0 N–H and O–H groups in total. The van der Waals surface area contributed by atoms with Crippen LogP contribution in [0.25, 0.3) is 10.4 Å². The van der Waals surface area contributed by atoms with Crippen molar-refractivity contribution in [1.29, 1.82) is 0 Å². The summed E-state index contributed by atoms with van der Waals surface area (Å²) < 4.78 is 28.8. The minimum absolute atomic E-state index is 0.389. The molecule has 9 heteroatoms. The second kappa shape index (κ2) is 11.9. The van der Waals surface area contributed by atoms with Crippen molar-refractivity contribution in [2.45, 2.75) is 74.1 Å². The maximum absolute atomic E-state index is 12.5. The Balaban J connectivity index is 1.81. The highest BCUT2D eigenvalue weighted by molar-refractivity contribution is 7.99. The summed E-state index contributed by atoms with van der Waals surface area (Å²) in [6.07, 6.45) is 1.15. The summed E-state index contributed by atoms with van der Waals surface area (Å²) in [5, 5.41) is 4.00. The molecule has 2 aromatic rings. The van der Waals surface area contributed by atoms with E-state index in [1.54, 1.807) is 6.21 Å². The summed E-state index contributed by atoms with van der Waals surface area (Å²) >= 11 is 0.0885. The summed E-state index contributed by atoms with van der Waals surface area (Å²) in [6.45, 7) is 8.04. The Morgan fingerprint density at radius 3 is 2.55 bits per heavy atom. The molecule has 3 rings (SSSR count). The van der Waals surface area contributed by atoms with E-state index in [-0.39, 0.29) is 0 Å². The predicted molar refractivity (Wildman–Crippen MR) is 135 cm³/mol. The molecule has 1 fully saturated rings. The van der Waals surface area contributed by atoms with Crippen LogP contribution in [0.15, 0.2) is 69.0 Å². The smallest absolute Gasteiger partial charge is 0.144 e. The van der Waals surface area contributed by atoms with E-state index < -0.39 is 39.8 Å². The van der Waals surface area contributed by atoms with E-state index in [1.807, 2.05) is 82.3 Å². The maximum Gasteiger partial charge on any atom is 0.144 e. The number of benzene rings is 2. The first-order valence-electron chi connectivity index (χ1n) is 10.8. The van der Waals surface area contributed by atoms with Crippen molar-refractivity contribution in [3.63, 3.8) is 0 Å². The zero-order chi connectivity index (χ0) is 23.8. The predicted octanol–water partition coefficient (Wildman–Crippen LogP) is 6.00. The molecule has 1 aliphatic rings. The minimum Gasteiger partial charge on any atom is -0.591 e. The van der Waals surface area contributed by atoms with E-state index in [1.165, 1.54) is 17.3 Å². The van der Waals surface area contributed by atoms with Crippen LogP contribution in [0.3, 0.4) is 0 Å². The minimum atomic E-state index is -1.41. The molecule has 0 aromatic heterocycles. The van der Waals surface area contributed by atoms with Crippen molar-refractivity contribution < 1.29 is 14.0 Å². The fourth-order valence-corrected chi connectivity index (χ4v) is 4.80. The lowest BCUT2D eigenvalue weighted by Crippen LogP contribution is -2.47. The number of hydrogen-bond donors (Lipinski definition) is 0. The highest BCUT2D eigenvalue weighted by atomic mass is 32.2. The van der Waals surface area contributed by atoms with Gasteiger partial charge >= 0.3 is 0 Å². The average molecular weight is 487 g/mol. The van der Waals surface area contributed by atoms with Crippen LogP contribution < -0.4 is 0 Å². The highest BCUT2D eigenvalue weighted by Crippen LogP contribution is 2.36. The lowest BCUT2D eigenvalue weighted by Gasteiger charge is -2.38. The van der Waals surface area contributed by atoms with Gasteiger partial charge in [0.2, 0.25) is 0 Å². The van der Waals surface area contributed by atoms with Crippen LogP contribution in [-0.4, -0.2) is 39.2 Å². The van der Waals surface area contributed by atoms with Crippen molar-refractivity contribution in [2.75, 3.05) is 0 Å². The second-order valence-electron chi connectivity index (χ2n) is 8.86. The third kappa shape index (κ3) is 7.78. The second-order valence-corrected chi connectivity index (χ2v) is 12.0. The van der Waals surface area contributed by atoms with E-state index in [0.717, 1.165) is 10.5 Å². The first-order valence-corrected chi connectivity index (χ1v) is 12.8. The van der Waals surface area contributed by atoms with Gasteiger partial charge in [0.25, 0.3) is 0 Å². The van der Waals surface area contributed by atoms with Crippen LogP contribution in [0, 0.1) is 6.92 Å². The van der Waals surface area contributed by atoms with Gasteiger partial charge in [0.15, 0.2) is 0 Å². The van der Waals surface area contributed by atoms with Gasteiger partial charge in [-0.2, -0.15) is 0 Å². The molecule has 0 bridgehead atoms. The van der Waals surface area contributed by atoms with Gasteiger partial charge in [-0.25, -0.2) is 0 Å². The lowest BCUT2D eigenvalue weighted by molar-refractivity contribution is -0.0973. The summed E-state index contributed by atoms with van der Waals surface area (Å²) in [6, 6.07) is 17.5. The van der Waals surface area contributed by atoms with Crippen LogP contribution in [0.5, 0.6) is 0 Å². The first-order chi connectivity index (χ1) is 15.8. The van der Waals surface area contributed by atoms with Gasteiger partial charge in [0.1, 0.15) is 27.6 Å². The fourth-order valence-electron chi connectivity index (χ4n) is 3.19. The monoisotopic (exact) mass is 486 g/mol. The van der Waals surface area contributed by atoms with Gasteiger partial charge in [0, 0.05) is 9.81 Å². The molecule has 0 spiro atoms. The summed E-state index contributed by atoms with van der Waals surface area (Å²) in [5.74, 6) is 0. The molecule has 2 unspecified atom stereocenters. The van der Waals surface area contributed by atoms with Crippen LogP contribution in [0.1, 0.15) is 38.3 Å². The van der Waals surface area contributed by atoms with Crippen LogP contribution in [0.4, 0.5) is 0 Å². The number of rotatable bonds is 8. The molecule has 0 amide bonds. The molecule has 1 aliphatic heterocycles. The van der Waals surface area contributed by atoms with E-state index >= 15 is 0 Å². The normalized spacial score (nSPS) is 24.4. The van der Waals surface area contributed by atoms with Crippen LogP contribution in [0.2, 0.25) is 0 Å². The largest absolute Gasteiger partial charge is 0.591 e. The van der Waals surface area contributed by atoms with Crippen molar-refractivity contribution in [3.8, 4) is 0 Å². The topological polar surface area (TPSA) is 103 Å². The molecule has 5 atom stereocenters. The zero-order valence-electron chi connectivity index (χ0n) is 19.3. The first kappa shape index (κ1) is 25.6. The Morgan fingerprint density at radius 2 is 1.91 bits per heavy atom. The Kier molecular flexibility index (Phi) is 9.26. The molecule has 0 radical (unpaired) electrons. The third-order valence-electron chi connectivity index (χ3n) is 5.05. The molecule has 0 aliphatic carbocycles. The van der Waals surface area contributed by atoms with Gasteiger partial charge in [0.05, 0.1) is 25.0 Å². The van der Waals surface area contributed by atoms with Crippen molar-refractivity contribution in [1.82, 2.24) is 0 Å². The van der Waals surface area contributed by atoms with E-state index in [0.29, 0.717) is 13.0 Å². The Labute approximate surface area is 202 Å². The number of ether oxygens (including phenoxy) is 2. The van der Waals surface area contributed by atoms with Gasteiger partial charge in [-0.3, -0.25) is 0 Å². The van der Waals surface area contributed by atoms with Crippen molar-refractivity contribution in [2.24, 2.45) is 9.51 Å². The lowest BCUT2D eigenvalue weighted by atomic mass is 10.0. The highest BCUT2D eigenvalue weighted by Gasteiger charge is 2.39. The Morgan fingerprint density at radius 1 is 1.21 bits per heavy atom. The Hall–Kier alpha value is -2.00. The SMILES string of the molecule is Cc1ccc(SC2O[C@H](C=N[S+]([O-])C(C)(C)C)[C@@H](OCc3ccccc3)C[C@H]2N=[N+]=[N-])cc1. The van der Waals surface area contributed by atoms with Gasteiger partial charge in [-0.05, 0) is 57.3 Å². The summed E-state index contributed by atoms with van der Waals surface area (Å²) in [5.41, 5.74) is 10.9. The van der Waals surface area contributed by atoms with Gasteiger partial charge in [-0.15, -0.1) is 0 Å². The Bertz CT molecular complexity index is 960. The quantitative estimate of drug-likeness (QED) is 0.150. The number of azide groups is 1. The van der Waals surface area contributed by atoms with Gasteiger partial charge < -0.3 is 14.0 Å². The summed E-state index contributed by atoms with van der Waals surface area (Å²) in [4.78, 5) is 4.06. The summed E-state index contributed by atoms with van der Waals surface area (Å²) in [7, 11) is 0. The molecule has 2 aromatic carbocycles. The molecular formula is C24H30N4O3S2. The number of thioether (sulfide) groups is 1. The molecule has 0 saturated carbocycles. The molecular weight excluding hydrogens is 456 g/mol. The van der Waals surface area contributed by atoms with E-state index in [2.05, 4.69) is 14.4 Å². The van der Waals surface area contributed by atoms with Crippen LogP contribution >= 0.6 is 11.8 Å².